The van der Waals surface area contributed by atoms with E-state index in [0.717, 1.165) is 12.8 Å². The highest BCUT2D eigenvalue weighted by Crippen LogP contribution is 2.30. The maximum atomic E-state index is 13.8. The van der Waals surface area contributed by atoms with Crippen molar-refractivity contribution >= 4 is 11.6 Å². The molecule has 1 rings (SSSR count). The molecular formula is C12H16ClFO2. The van der Waals surface area contributed by atoms with Crippen molar-refractivity contribution in [2.45, 2.75) is 33.3 Å². The minimum Gasteiger partial charge on any atom is -0.490 e. The van der Waals surface area contributed by atoms with Crippen LogP contribution in [-0.4, -0.2) is 11.7 Å². The van der Waals surface area contributed by atoms with Crippen LogP contribution in [0.5, 0.6) is 5.75 Å². The van der Waals surface area contributed by atoms with Crippen LogP contribution in [0.15, 0.2) is 6.07 Å². The molecule has 0 saturated heterocycles. The molecule has 4 heteroatoms. The molecule has 90 valence electrons. The van der Waals surface area contributed by atoms with Gasteiger partial charge in [0.05, 0.1) is 18.2 Å². The van der Waals surface area contributed by atoms with Crippen molar-refractivity contribution in [1.82, 2.24) is 0 Å². The minimum absolute atomic E-state index is 0.160. The summed E-state index contributed by atoms with van der Waals surface area (Å²) < 4.78 is 19.1. The van der Waals surface area contributed by atoms with Gasteiger partial charge in [0.25, 0.3) is 0 Å². The van der Waals surface area contributed by atoms with E-state index in [1.165, 1.54) is 6.07 Å². The number of benzene rings is 1. The van der Waals surface area contributed by atoms with E-state index < -0.39 is 5.82 Å². The molecule has 0 atom stereocenters. The van der Waals surface area contributed by atoms with Gasteiger partial charge in [-0.25, -0.2) is 4.39 Å². The summed E-state index contributed by atoms with van der Waals surface area (Å²) in [5, 5.41) is 9.38. The van der Waals surface area contributed by atoms with E-state index in [2.05, 4.69) is 0 Å². The standard InChI is InChI=1S/C12H16ClFO2/c1-3-4-5-16-11-6-10(13)9(7-15)8(2)12(11)14/h6,15H,3-5,7H2,1-2H3. The lowest BCUT2D eigenvalue weighted by Gasteiger charge is -2.12. The monoisotopic (exact) mass is 246 g/mol. The highest BCUT2D eigenvalue weighted by molar-refractivity contribution is 6.31. The van der Waals surface area contributed by atoms with E-state index >= 15 is 0 Å². The van der Waals surface area contributed by atoms with Gasteiger partial charge in [-0.1, -0.05) is 24.9 Å². The third kappa shape index (κ3) is 2.86. The molecule has 0 aromatic heterocycles. The molecule has 0 radical (unpaired) electrons. The second-order valence-electron chi connectivity index (χ2n) is 3.63. The molecular weight excluding hydrogens is 231 g/mol. The molecule has 16 heavy (non-hydrogen) atoms. The molecule has 0 unspecified atom stereocenters. The average Bonchev–Trinajstić information content (AvgIpc) is 2.26. The van der Waals surface area contributed by atoms with E-state index in [1.54, 1.807) is 6.92 Å². The van der Waals surface area contributed by atoms with Gasteiger partial charge in [-0.2, -0.15) is 0 Å². The van der Waals surface area contributed by atoms with E-state index in [0.29, 0.717) is 22.8 Å². The van der Waals surface area contributed by atoms with Crippen LogP contribution in [0.2, 0.25) is 5.02 Å². The Labute approximate surface area is 100.0 Å². The fourth-order valence-corrected chi connectivity index (χ4v) is 1.69. The van der Waals surface area contributed by atoms with Crippen molar-refractivity contribution < 1.29 is 14.2 Å². The molecule has 1 aromatic carbocycles. The Morgan fingerprint density at radius 2 is 2.19 bits per heavy atom. The van der Waals surface area contributed by atoms with Gasteiger partial charge in [0, 0.05) is 11.6 Å². The Hall–Kier alpha value is -0.800. The quantitative estimate of drug-likeness (QED) is 0.807. The summed E-state index contributed by atoms with van der Waals surface area (Å²) in [6.45, 7) is 3.82. The first-order valence-corrected chi connectivity index (χ1v) is 5.70. The van der Waals surface area contributed by atoms with E-state index in [-0.39, 0.29) is 12.4 Å². The van der Waals surface area contributed by atoms with Crippen LogP contribution in [0.3, 0.4) is 0 Å². The SMILES string of the molecule is CCCCOc1cc(Cl)c(CO)c(C)c1F. The number of rotatable bonds is 5. The molecule has 2 nitrogen and oxygen atoms in total. The first-order chi connectivity index (χ1) is 7.61. The summed E-state index contributed by atoms with van der Waals surface area (Å²) in [6, 6.07) is 1.42. The highest BCUT2D eigenvalue weighted by atomic mass is 35.5. The molecule has 0 bridgehead atoms. The maximum Gasteiger partial charge on any atom is 0.168 e. The molecule has 1 aromatic rings. The number of hydrogen-bond acceptors (Lipinski definition) is 2. The topological polar surface area (TPSA) is 29.5 Å². The number of halogens is 2. The molecule has 0 aliphatic heterocycles. The molecule has 0 spiro atoms. The lowest BCUT2D eigenvalue weighted by atomic mass is 10.1. The molecule has 0 amide bonds. The normalized spacial score (nSPS) is 10.6. The lowest BCUT2D eigenvalue weighted by Crippen LogP contribution is -2.02. The predicted octanol–water partition coefficient (Wildman–Crippen LogP) is 3.46. The van der Waals surface area contributed by atoms with Crippen LogP contribution in [-0.2, 0) is 6.61 Å². The van der Waals surface area contributed by atoms with E-state index in [9.17, 15) is 4.39 Å². The fourth-order valence-electron chi connectivity index (χ4n) is 1.39. The number of aliphatic hydroxyl groups excluding tert-OH is 1. The van der Waals surface area contributed by atoms with Crippen LogP contribution < -0.4 is 4.74 Å². The van der Waals surface area contributed by atoms with E-state index in [1.807, 2.05) is 6.92 Å². The smallest absolute Gasteiger partial charge is 0.168 e. The highest BCUT2D eigenvalue weighted by Gasteiger charge is 2.14. The second-order valence-corrected chi connectivity index (χ2v) is 4.04. The Morgan fingerprint density at radius 1 is 1.50 bits per heavy atom. The van der Waals surface area contributed by atoms with Crippen molar-refractivity contribution in [1.29, 1.82) is 0 Å². The van der Waals surface area contributed by atoms with Crippen molar-refractivity contribution in [2.24, 2.45) is 0 Å². The van der Waals surface area contributed by atoms with Crippen molar-refractivity contribution in [3.05, 3.63) is 28.0 Å². The summed E-state index contributed by atoms with van der Waals surface area (Å²) in [4.78, 5) is 0. The molecule has 0 fully saturated rings. The molecule has 0 saturated carbocycles. The second kappa shape index (κ2) is 6.06. The summed E-state index contributed by atoms with van der Waals surface area (Å²) in [5.41, 5.74) is 0.767. The Balaban J connectivity index is 2.94. The van der Waals surface area contributed by atoms with Crippen molar-refractivity contribution in [2.75, 3.05) is 6.61 Å². The Morgan fingerprint density at radius 3 is 2.75 bits per heavy atom. The summed E-state index contributed by atoms with van der Waals surface area (Å²) in [7, 11) is 0. The zero-order valence-corrected chi connectivity index (χ0v) is 10.3. The third-order valence-corrected chi connectivity index (χ3v) is 2.80. The van der Waals surface area contributed by atoms with Crippen LogP contribution in [0.4, 0.5) is 4.39 Å². The minimum atomic E-state index is -0.440. The zero-order valence-electron chi connectivity index (χ0n) is 9.52. The van der Waals surface area contributed by atoms with Crippen LogP contribution >= 0.6 is 11.6 Å². The third-order valence-electron chi connectivity index (χ3n) is 2.46. The number of unbranched alkanes of at least 4 members (excludes halogenated alkanes) is 1. The summed E-state index contributed by atoms with van der Waals surface area (Å²) >= 11 is 5.91. The average molecular weight is 247 g/mol. The first kappa shape index (κ1) is 13.3. The van der Waals surface area contributed by atoms with Crippen LogP contribution in [0, 0.1) is 12.7 Å². The predicted molar refractivity (Wildman–Crippen MR) is 62.5 cm³/mol. The van der Waals surface area contributed by atoms with Gasteiger partial charge in [-0.3, -0.25) is 0 Å². The number of aliphatic hydroxyl groups is 1. The Kier molecular flexibility index (Phi) is 5.03. The fraction of sp³-hybridized carbons (Fsp3) is 0.500. The van der Waals surface area contributed by atoms with Gasteiger partial charge in [-0.15, -0.1) is 0 Å². The van der Waals surface area contributed by atoms with Crippen LogP contribution in [0.25, 0.3) is 0 Å². The molecule has 0 aliphatic carbocycles. The summed E-state index contributed by atoms with van der Waals surface area (Å²) in [6.07, 6.45) is 1.86. The van der Waals surface area contributed by atoms with E-state index in [4.69, 9.17) is 21.4 Å². The molecule has 1 N–H and O–H groups in total. The van der Waals surface area contributed by atoms with Crippen molar-refractivity contribution in [3.8, 4) is 5.75 Å². The maximum absolute atomic E-state index is 13.8. The van der Waals surface area contributed by atoms with Gasteiger partial charge < -0.3 is 9.84 Å². The van der Waals surface area contributed by atoms with Gasteiger partial charge in [-0.05, 0) is 18.9 Å². The molecule has 0 heterocycles. The van der Waals surface area contributed by atoms with Crippen molar-refractivity contribution in [3.63, 3.8) is 0 Å². The first-order valence-electron chi connectivity index (χ1n) is 5.33. The summed E-state index contributed by atoms with van der Waals surface area (Å²) in [5.74, 6) is -0.280. The molecule has 0 aliphatic rings. The number of hydrogen-bond donors (Lipinski definition) is 1. The Bertz CT molecular complexity index is 367. The van der Waals surface area contributed by atoms with Gasteiger partial charge in [0.2, 0.25) is 0 Å². The van der Waals surface area contributed by atoms with Crippen LogP contribution in [0.1, 0.15) is 30.9 Å². The largest absolute Gasteiger partial charge is 0.490 e. The van der Waals surface area contributed by atoms with Gasteiger partial charge in [0.15, 0.2) is 11.6 Å². The number of ether oxygens (including phenoxy) is 1. The van der Waals surface area contributed by atoms with Gasteiger partial charge in [0.1, 0.15) is 0 Å². The lowest BCUT2D eigenvalue weighted by molar-refractivity contribution is 0.276. The van der Waals surface area contributed by atoms with Gasteiger partial charge >= 0.3 is 0 Å². The zero-order chi connectivity index (χ0) is 12.1.